The van der Waals surface area contributed by atoms with Crippen LogP contribution in [0.1, 0.15) is 38.4 Å². The van der Waals surface area contributed by atoms with Crippen molar-refractivity contribution in [3.63, 3.8) is 0 Å². The Balaban J connectivity index is 1.74. The van der Waals surface area contributed by atoms with Crippen molar-refractivity contribution in [3.05, 3.63) is 18.2 Å². The predicted molar refractivity (Wildman–Crippen MR) is 79.4 cm³/mol. The predicted octanol–water partition coefficient (Wildman–Crippen LogP) is 1.34. The van der Waals surface area contributed by atoms with Crippen molar-refractivity contribution in [1.29, 1.82) is 0 Å². The second-order valence-electron chi connectivity index (χ2n) is 5.62. The van der Waals surface area contributed by atoms with Gasteiger partial charge in [0.2, 0.25) is 5.91 Å². The zero-order valence-electron chi connectivity index (χ0n) is 12.6. The minimum atomic E-state index is -0.103. The van der Waals surface area contributed by atoms with E-state index in [2.05, 4.69) is 10.3 Å². The average molecular weight is 278 g/mol. The van der Waals surface area contributed by atoms with E-state index >= 15 is 0 Å². The number of imidazole rings is 1. The molecule has 1 atom stereocenters. The summed E-state index contributed by atoms with van der Waals surface area (Å²) in [5, 5.41) is 3.32. The fourth-order valence-electron chi connectivity index (χ4n) is 2.69. The molecule has 5 heteroatoms. The number of likely N-dealkylation sites (tertiary alicyclic amines) is 1. The number of nitrogens with one attached hydrogen (secondary N) is 1. The van der Waals surface area contributed by atoms with Gasteiger partial charge in [0.1, 0.15) is 5.82 Å². The summed E-state index contributed by atoms with van der Waals surface area (Å²) >= 11 is 0. The summed E-state index contributed by atoms with van der Waals surface area (Å²) in [5.74, 6) is 1.29. The van der Waals surface area contributed by atoms with Crippen LogP contribution < -0.4 is 5.32 Å². The number of carbonyl (C=O) groups is 1. The van der Waals surface area contributed by atoms with Gasteiger partial charge >= 0.3 is 0 Å². The Hall–Kier alpha value is -1.36. The van der Waals surface area contributed by atoms with Crippen LogP contribution in [0, 0.1) is 0 Å². The van der Waals surface area contributed by atoms with Crippen LogP contribution in [0.5, 0.6) is 0 Å². The molecule has 1 amide bonds. The molecule has 1 N–H and O–H groups in total. The maximum Gasteiger partial charge on any atom is 0.239 e. The molecule has 0 aliphatic carbocycles. The highest BCUT2D eigenvalue weighted by Gasteiger charge is 2.20. The van der Waals surface area contributed by atoms with E-state index < -0.39 is 0 Å². The first-order chi connectivity index (χ1) is 9.68. The van der Waals surface area contributed by atoms with Gasteiger partial charge in [-0.2, -0.15) is 0 Å². The molecular weight excluding hydrogens is 252 g/mol. The zero-order chi connectivity index (χ0) is 14.4. The van der Waals surface area contributed by atoms with Gasteiger partial charge in [-0.1, -0.05) is 12.8 Å². The number of hydrogen-bond acceptors (Lipinski definition) is 3. The third-order valence-corrected chi connectivity index (χ3v) is 4.01. The van der Waals surface area contributed by atoms with Crippen molar-refractivity contribution >= 4 is 5.91 Å². The van der Waals surface area contributed by atoms with Crippen molar-refractivity contribution in [2.24, 2.45) is 7.05 Å². The van der Waals surface area contributed by atoms with Crippen LogP contribution in [-0.2, 0) is 18.3 Å². The Morgan fingerprint density at radius 3 is 2.65 bits per heavy atom. The Labute approximate surface area is 121 Å². The molecule has 2 heterocycles. The van der Waals surface area contributed by atoms with Crippen LogP contribution in [0.15, 0.2) is 12.4 Å². The zero-order valence-corrected chi connectivity index (χ0v) is 12.6. The van der Waals surface area contributed by atoms with E-state index in [1.807, 2.05) is 29.6 Å². The summed E-state index contributed by atoms with van der Waals surface area (Å²) in [6.07, 6.45) is 9.40. The van der Waals surface area contributed by atoms with Crippen LogP contribution in [0.2, 0.25) is 0 Å². The van der Waals surface area contributed by atoms with Crippen molar-refractivity contribution in [2.75, 3.05) is 19.6 Å². The van der Waals surface area contributed by atoms with E-state index in [-0.39, 0.29) is 11.9 Å². The van der Waals surface area contributed by atoms with E-state index in [0.717, 1.165) is 44.7 Å². The smallest absolute Gasteiger partial charge is 0.239 e. The molecule has 1 aliphatic heterocycles. The van der Waals surface area contributed by atoms with Crippen LogP contribution in [0.25, 0.3) is 0 Å². The van der Waals surface area contributed by atoms with Crippen molar-refractivity contribution in [2.45, 2.75) is 45.1 Å². The third kappa shape index (κ3) is 4.07. The molecule has 1 saturated heterocycles. The molecule has 1 aromatic heterocycles. The average Bonchev–Trinajstić information content (AvgIpc) is 2.70. The van der Waals surface area contributed by atoms with E-state index in [9.17, 15) is 4.79 Å². The highest BCUT2D eigenvalue weighted by atomic mass is 16.2. The van der Waals surface area contributed by atoms with E-state index in [1.54, 1.807) is 6.20 Å². The summed E-state index contributed by atoms with van der Waals surface area (Å²) in [5.41, 5.74) is 0. The molecule has 0 bridgehead atoms. The Morgan fingerprint density at radius 1 is 1.35 bits per heavy atom. The molecule has 112 valence electrons. The lowest BCUT2D eigenvalue weighted by atomic mass is 10.2. The maximum absolute atomic E-state index is 12.4. The molecule has 20 heavy (non-hydrogen) atoms. The van der Waals surface area contributed by atoms with Crippen LogP contribution in [-0.4, -0.2) is 46.0 Å². The molecule has 1 unspecified atom stereocenters. The number of amides is 1. The van der Waals surface area contributed by atoms with Gasteiger partial charge in [0, 0.05) is 45.5 Å². The first-order valence-corrected chi connectivity index (χ1v) is 7.67. The van der Waals surface area contributed by atoms with Gasteiger partial charge in [0.25, 0.3) is 0 Å². The first-order valence-electron chi connectivity index (χ1n) is 7.67. The molecule has 0 radical (unpaired) electrons. The van der Waals surface area contributed by atoms with Gasteiger partial charge in [-0.15, -0.1) is 0 Å². The molecule has 0 saturated carbocycles. The standard InChI is InChI=1S/C15H26N4O/c1-13(15(20)19-10-5-3-4-6-11-19)16-8-7-14-17-9-12-18(14)2/h9,12-13,16H,3-8,10-11H2,1-2H3. The number of hydrogen-bond donors (Lipinski definition) is 1. The second kappa shape index (κ2) is 7.43. The quantitative estimate of drug-likeness (QED) is 0.884. The van der Waals surface area contributed by atoms with E-state index in [4.69, 9.17) is 0 Å². The largest absolute Gasteiger partial charge is 0.341 e. The minimum absolute atomic E-state index is 0.103. The topological polar surface area (TPSA) is 50.2 Å². The summed E-state index contributed by atoms with van der Waals surface area (Å²) in [7, 11) is 1.99. The van der Waals surface area contributed by atoms with E-state index in [0.29, 0.717) is 0 Å². The highest BCUT2D eigenvalue weighted by Crippen LogP contribution is 2.10. The summed E-state index contributed by atoms with van der Waals surface area (Å²) in [4.78, 5) is 18.7. The molecule has 2 rings (SSSR count). The van der Waals surface area contributed by atoms with Gasteiger partial charge in [-0.3, -0.25) is 4.79 Å². The lowest BCUT2D eigenvalue weighted by molar-refractivity contribution is -0.133. The fourth-order valence-corrected chi connectivity index (χ4v) is 2.69. The lowest BCUT2D eigenvalue weighted by Crippen LogP contribution is -2.45. The van der Waals surface area contributed by atoms with Crippen molar-refractivity contribution in [1.82, 2.24) is 19.8 Å². The molecule has 1 aromatic rings. The molecule has 0 spiro atoms. The van der Waals surface area contributed by atoms with Gasteiger partial charge in [0.05, 0.1) is 6.04 Å². The number of aryl methyl sites for hydroxylation is 1. The monoisotopic (exact) mass is 278 g/mol. The van der Waals surface area contributed by atoms with Crippen molar-refractivity contribution in [3.8, 4) is 0 Å². The number of aromatic nitrogens is 2. The van der Waals surface area contributed by atoms with Gasteiger partial charge in [-0.05, 0) is 19.8 Å². The number of carbonyl (C=O) groups excluding carboxylic acids is 1. The molecule has 1 aliphatic rings. The number of nitrogens with zero attached hydrogens (tertiary/aromatic N) is 3. The molecule has 0 aromatic carbocycles. The highest BCUT2D eigenvalue weighted by molar-refractivity contribution is 5.81. The van der Waals surface area contributed by atoms with Gasteiger partial charge in [0.15, 0.2) is 0 Å². The molecule has 5 nitrogen and oxygen atoms in total. The Kier molecular flexibility index (Phi) is 5.59. The normalized spacial score (nSPS) is 17.8. The Morgan fingerprint density at radius 2 is 2.05 bits per heavy atom. The summed E-state index contributed by atoms with van der Waals surface area (Å²) in [6, 6.07) is -0.103. The number of rotatable bonds is 5. The first kappa shape index (κ1) is 15.0. The third-order valence-electron chi connectivity index (χ3n) is 4.01. The molecular formula is C15H26N4O. The fraction of sp³-hybridized carbons (Fsp3) is 0.733. The SMILES string of the molecule is CC(NCCc1nccn1C)C(=O)N1CCCCCC1. The molecule has 1 fully saturated rings. The second-order valence-corrected chi connectivity index (χ2v) is 5.62. The summed E-state index contributed by atoms with van der Waals surface area (Å²) < 4.78 is 2.02. The van der Waals surface area contributed by atoms with Crippen LogP contribution in [0.4, 0.5) is 0 Å². The van der Waals surface area contributed by atoms with E-state index in [1.165, 1.54) is 12.8 Å². The van der Waals surface area contributed by atoms with Crippen LogP contribution >= 0.6 is 0 Å². The maximum atomic E-state index is 12.4. The minimum Gasteiger partial charge on any atom is -0.341 e. The Bertz CT molecular complexity index is 421. The lowest BCUT2D eigenvalue weighted by Gasteiger charge is -2.24. The van der Waals surface area contributed by atoms with Gasteiger partial charge < -0.3 is 14.8 Å². The van der Waals surface area contributed by atoms with Gasteiger partial charge in [-0.25, -0.2) is 4.98 Å². The summed E-state index contributed by atoms with van der Waals surface area (Å²) in [6.45, 7) is 4.59. The van der Waals surface area contributed by atoms with Crippen LogP contribution in [0.3, 0.4) is 0 Å². The van der Waals surface area contributed by atoms with Crippen molar-refractivity contribution < 1.29 is 4.79 Å².